The largest absolute Gasteiger partial charge is 0.353 e. The summed E-state index contributed by atoms with van der Waals surface area (Å²) in [6, 6.07) is -0.0472. The Morgan fingerprint density at radius 1 is 1.50 bits per heavy atom. The van der Waals surface area contributed by atoms with Crippen molar-refractivity contribution in [2.45, 2.75) is 33.2 Å². The molecule has 1 N–H and O–H groups in total. The highest BCUT2D eigenvalue weighted by Crippen LogP contribution is 2.06. The van der Waals surface area contributed by atoms with Gasteiger partial charge in [0.1, 0.15) is 0 Å². The van der Waals surface area contributed by atoms with Crippen LogP contribution in [0, 0.1) is 0 Å². The number of nitrogens with one attached hydrogen (secondary N) is 1. The number of rotatable bonds is 4. The minimum atomic E-state index is -0.0863. The van der Waals surface area contributed by atoms with E-state index >= 15 is 0 Å². The summed E-state index contributed by atoms with van der Waals surface area (Å²) in [5.74, 6) is 0.711. The Balaban J connectivity index is 3.61. The van der Waals surface area contributed by atoms with Crippen LogP contribution in [0.25, 0.3) is 0 Å². The lowest BCUT2D eigenvalue weighted by molar-refractivity contribution is -0.119. The van der Waals surface area contributed by atoms with Gasteiger partial charge in [-0.2, -0.15) is 0 Å². The molecular weight excluding hydrogens is 174 g/mol. The van der Waals surface area contributed by atoms with Crippen molar-refractivity contribution in [3.8, 4) is 0 Å². The van der Waals surface area contributed by atoms with Gasteiger partial charge in [0.05, 0.1) is 0 Å². The third kappa shape index (κ3) is 6.22. The Morgan fingerprint density at radius 2 is 2.08 bits per heavy atom. The van der Waals surface area contributed by atoms with Crippen molar-refractivity contribution in [1.29, 1.82) is 0 Å². The molecule has 1 unspecified atom stereocenters. The number of hydrogen-bond donors (Lipinski definition) is 1. The van der Waals surface area contributed by atoms with E-state index in [4.69, 9.17) is 0 Å². The van der Waals surface area contributed by atoms with E-state index in [0.717, 1.165) is 5.75 Å². The molecule has 0 saturated heterocycles. The van der Waals surface area contributed by atoms with Gasteiger partial charge in [-0.05, 0) is 12.7 Å². The Kier molecular flexibility index (Phi) is 5.80. The molecular formula is C8H15NO2S. The second-order valence-corrected chi connectivity index (χ2v) is 3.93. The van der Waals surface area contributed by atoms with Crippen LogP contribution in [0.5, 0.6) is 0 Å². The van der Waals surface area contributed by atoms with Crippen molar-refractivity contribution in [3.05, 3.63) is 0 Å². The van der Waals surface area contributed by atoms with E-state index in [1.807, 2.05) is 13.8 Å². The second-order valence-electron chi connectivity index (χ2n) is 2.61. The molecule has 0 bridgehead atoms. The summed E-state index contributed by atoms with van der Waals surface area (Å²) in [5, 5.41) is 2.80. The Hall–Kier alpha value is -0.510. The molecule has 0 aromatic heterocycles. The fraction of sp³-hybridized carbons (Fsp3) is 0.750. The van der Waals surface area contributed by atoms with Gasteiger partial charge in [-0.25, -0.2) is 0 Å². The highest BCUT2D eigenvalue weighted by atomic mass is 32.2. The molecule has 4 heteroatoms. The molecule has 0 spiro atoms. The molecule has 0 rings (SSSR count). The third-order valence-corrected chi connectivity index (χ3v) is 2.01. The minimum absolute atomic E-state index is 0.0472. The summed E-state index contributed by atoms with van der Waals surface area (Å²) in [6.45, 7) is 5.22. The fourth-order valence-corrected chi connectivity index (χ4v) is 1.56. The number of hydrogen-bond acceptors (Lipinski definition) is 3. The SMILES string of the molecule is CCSC(=O)CC(C)NC(C)=O. The highest BCUT2D eigenvalue weighted by Gasteiger charge is 2.08. The molecule has 0 heterocycles. The van der Waals surface area contributed by atoms with Gasteiger partial charge in [0.2, 0.25) is 5.91 Å². The topological polar surface area (TPSA) is 46.2 Å². The Labute approximate surface area is 77.3 Å². The van der Waals surface area contributed by atoms with Crippen LogP contribution in [0.4, 0.5) is 0 Å². The number of carbonyl (C=O) groups is 2. The first-order chi connectivity index (χ1) is 5.56. The van der Waals surface area contributed by atoms with E-state index in [1.165, 1.54) is 18.7 Å². The van der Waals surface area contributed by atoms with Crippen LogP contribution in [0.15, 0.2) is 0 Å². The zero-order chi connectivity index (χ0) is 9.56. The summed E-state index contributed by atoms with van der Waals surface area (Å²) in [6.07, 6.45) is 0.415. The smallest absolute Gasteiger partial charge is 0.217 e. The summed E-state index contributed by atoms with van der Waals surface area (Å²) in [7, 11) is 0. The van der Waals surface area contributed by atoms with Gasteiger partial charge >= 0.3 is 0 Å². The highest BCUT2D eigenvalue weighted by molar-refractivity contribution is 8.13. The maximum absolute atomic E-state index is 11.0. The number of carbonyl (C=O) groups excluding carboxylic acids is 2. The van der Waals surface area contributed by atoms with Crippen molar-refractivity contribution in [2.75, 3.05) is 5.75 Å². The lowest BCUT2D eigenvalue weighted by atomic mass is 10.2. The van der Waals surface area contributed by atoms with Gasteiger partial charge in [0, 0.05) is 19.4 Å². The molecule has 12 heavy (non-hydrogen) atoms. The molecule has 0 aliphatic rings. The number of amides is 1. The predicted octanol–water partition coefficient (Wildman–Crippen LogP) is 1.18. The summed E-state index contributed by atoms with van der Waals surface area (Å²) in [5.41, 5.74) is 0. The van der Waals surface area contributed by atoms with Gasteiger partial charge < -0.3 is 5.32 Å². The fourth-order valence-electron chi connectivity index (χ4n) is 0.868. The maximum Gasteiger partial charge on any atom is 0.217 e. The van der Waals surface area contributed by atoms with Gasteiger partial charge in [-0.3, -0.25) is 9.59 Å². The van der Waals surface area contributed by atoms with Crippen molar-refractivity contribution in [2.24, 2.45) is 0 Å². The monoisotopic (exact) mass is 189 g/mol. The molecule has 0 aromatic rings. The second kappa shape index (κ2) is 6.06. The molecule has 0 aliphatic heterocycles. The van der Waals surface area contributed by atoms with Crippen molar-refractivity contribution in [1.82, 2.24) is 5.32 Å². The van der Waals surface area contributed by atoms with Crippen LogP contribution in [0.2, 0.25) is 0 Å². The summed E-state index contributed by atoms with van der Waals surface area (Å²) < 4.78 is 0. The third-order valence-electron chi connectivity index (χ3n) is 1.23. The normalized spacial score (nSPS) is 12.2. The van der Waals surface area contributed by atoms with E-state index in [0.29, 0.717) is 6.42 Å². The van der Waals surface area contributed by atoms with Gasteiger partial charge in [-0.15, -0.1) is 0 Å². The van der Waals surface area contributed by atoms with Gasteiger partial charge in [0.25, 0.3) is 0 Å². The molecule has 70 valence electrons. The first kappa shape index (κ1) is 11.5. The van der Waals surface area contributed by atoms with Crippen LogP contribution in [-0.4, -0.2) is 22.8 Å². The molecule has 0 aliphatic carbocycles. The minimum Gasteiger partial charge on any atom is -0.353 e. The van der Waals surface area contributed by atoms with Crippen LogP contribution in [0.1, 0.15) is 27.2 Å². The molecule has 0 saturated carbocycles. The molecule has 3 nitrogen and oxygen atoms in total. The first-order valence-corrected chi connectivity index (χ1v) is 4.97. The molecule has 1 atom stereocenters. The molecule has 0 aromatic carbocycles. The van der Waals surface area contributed by atoms with Crippen LogP contribution in [-0.2, 0) is 9.59 Å². The van der Waals surface area contributed by atoms with E-state index < -0.39 is 0 Å². The predicted molar refractivity (Wildman–Crippen MR) is 51.0 cm³/mol. The van der Waals surface area contributed by atoms with Crippen LogP contribution in [0.3, 0.4) is 0 Å². The quantitative estimate of drug-likeness (QED) is 0.722. The lowest BCUT2D eigenvalue weighted by Gasteiger charge is -2.10. The van der Waals surface area contributed by atoms with Crippen LogP contribution >= 0.6 is 11.8 Å². The zero-order valence-corrected chi connectivity index (χ0v) is 8.53. The molecule has 1 amide bonds. The maximum atomic E-state index is 11.0. The molecule has 0 radical (unpaired) electrons. The Morgan fingerprint density at radius 3 is 2.50 bits per heavy atom. The van der Waals surface area contributed by atoms with Crippen molar-refractivity contribution < 1.29 is 9.59 Å². The van der Waals surface area contributed by atoms with Gasteiger partial charge in [0.15, 0.2) is 5.12 Å². The number of thioether (sulfide) groups is 1. The average molecular weight is 189 g/mol. The van der Waals surface area contributed by atoms with Crippen molar-refractivity contribution in [3.63, 3.8) is 0 Å². The first-order valence-electron chi connectivity index (χ1n) is 3.99. The van der Waals surface area contributed by atoms with E-state index in [-0.39, 0.29) is 17.1 Å². The summed E-state index contributed by atoms with van der Waals surface area (Å²) in [4.78, 5) is 21.6. The van der Waals surface area contributed by atoms with Crippen LogP contribution < -0.4 is 5.32 Å². The van der Waals surface area contributed by atoms with E-state index in [1.54, 1.807) is 0 Å². The average Bonchev–Trinajstić information content (AvgIpc) is 1.84. The van der Waals surface area contributed by atoms with E-state index in [9.17, 15) is 9.59 Å². The zero-order valence-electron chi connectivity index (χ0n) is 7.72. The lowest BCUT2D eigenvalue weighted by Crippen LogP contribution is -2.31. The standard InChI is InChI=1S/C8H15NO2S/c1-4-12-8(11)5-6(2)9-7(3)10/h6H,4-5H2,1-3H3,(H,9,10). The van der Waals surface area contributed by atoms with Crippen molar-refractivity contribution >= 4 is 22.8 Å². The van der Waals surface area contributed by atoms with E-state index in [2.05, 4.69) is 5.32 Å². The molecule has 0 fully saturated rings. The van der Waals surface area contributed by atoms with Gasteiger partial charge in [-0.1, -0.05) is 18.7 Å². The Bertz CT molecular complexity index is 170. The summed E-state index contributed by atoms with van der Waals surface area (Å²) >= 11 is 1.30.